The van der Waals surface area contributed by atoms with Gasteiger partial charge in [0.25, 0.3) is 5.91 Å². The van der Waals surface area contributed by atoms with Gasteiger partial charge in [0.05, 0.1) is 18.4 Å². The average Bonchev–Trinajstić information content (AvgIpc) is 2.81. The van der Waals surface area contributed by atoms with Crippen LogP contribution in [0.4, 0.5) is 16.0 Å². The first-order chi connectivity index (χ1) is 15.5. The first-order valence-corrected chi connectivity index (χ1v) is 10.3. The van der Waals surface area contributed by atoms with Gasteiger partial charge >= 0.3 is 0 Å². The van der Waals surface area contributed by atoms with E-state index in [0.717, 1.165) is 18.7 Å². The minimum atomic E-state index is -0.588. The second-order valence-electron chi connectivity index (χ2n) is 7.63. The monoisotopic (exact) mass is 437 g/mol. The zero-order valence-corrected chi connectivity index (χ0v) is 17.6. The van der Waals surface area contributed by atoms with Crippen LogP contribution in [0, 0.1) is 5.82 Å². The summed E-state index contributed by atoms with van der Waals surface area (Å²) in [6.45, 7) is 4.79. The molecule has 2 aromatic carbocycles. The van der Waals surface area contributed by atoms with E-state index in [9.17, 15) is 9.18 Å². The predicted molar refractivity (Wildman–Crippen MR) is 117 cm³/mol. The quantitative estimate of drug-likeness (QED) is 0.402. The minimum Gasteiger partial charge on any atom is -0.376 e. The summed E-state index contributed by atoms with van der Waals surface area (Å²) >= 11 is 0. The van der Waals surface area contributed by atoms with Crippen LogP contribution >= 0.6 is 0 Å². The SMILES string of the molecule is C[C@H]1CN(Cc2ccc(Nc3nccc(-c4ccc(C(=O)NO)cc4)n3)cc2F)CCO1. The topological polar surface area (TPSA) is 99.6 Å². The number of halogens is 1. The van der Waals surface area contributed by atoms with Gasteiger partial charge in [-0.05, 0) is 37.3 Å². The van der Waals surface area contributed by atoms with Crippen LogP contribution in [0.25, 0.3) is 11.3 Å². The molecule has 1 atom stereocenters. The van der Waals surface area contributed by atoms with E-state index < -0.39 is 5.91 Å². The van der Waals surface area contributed by atoms with Crippen molar-refractivity contribution in [3.63, 3.8) is 0 Å². The Bertz CT molecular complexity index is 1090. The van der Waals surface area contributed by atoms with Gasteiger partial charge in [0.2, 0.25) is 5.95 Å². The number of morpholine rings is 1. The highest BCUT2D eigenvalue weighted by Crippen LogP contribution is 2.22. The lowest BCUT2D eigenvalue weighted by Crippen LogP contribution is -2.40. The number of nitrogens with zero attached hydrogens (tertiary/aromatic N) is 3. The summed E-state index contributed by atoms with van der Waals surface area (Å²) in [7, 11) is 0. The summed E-state index contributed by atoms with van der Waals surface area (Å²) in [6, 6.07) is 13.4. The number of anilines is 2. The molecular formula is C23H24FN5O3. The van der Waals surface area contributed by atoms with E-state index in [0.29, 0.717) is 41.6 Å². The number of aromatic nitrogens is 2. The fourth-order valence-electron chi connectivity index (χ4n) is 3.59. The van der Waals surface area contributed by atoms with E-state index in [2.05, 4.69) is 20.2 Å². The zero-order valence-electron chi connectivity index (χ0n) is 17.6. The molecule has 8 nitrogen and oxygen atoms in total. The van der Waals surface area contributed by atoms with Gasteiger partial charge in [-0.3, -0.25) is 14.9 Å². The molecule has 3 N–H and O–H groups in total. The summed E-state index contributed by atoms with van der Waals surface area (Å²) in [5.41, 5.74) is 4.51. The minimum absolute atomic E-state index is 0.153. The van der Waals surface area contributed by atoms with Crippen LogP contribution in [-0.2, 0) is 11.3 Å². The third-order valence-electron chi connectivity index (χ3n) is 5.23. The Morgan fingerprint density at radius 1 is 1.25 bits per heavy atom. The smallest absolute Gasteiger partial charge is 0.274 e. The number of nitrogens with one attached hydrogen (secondary N) is 2. The molecule has 1 aromatic heterocycles. The number of hydrogen-bond donors (Lipinski definition) is 3. The molecule has 0 unspecified atom stereocenters. The highest BCUT2D eigenvalue weighted by molar-refractivity contribution is 5.93. The Morgan fingerprint density at radius 3 is 2.78 bits per heavy atom. The van der Waals surface area contributed by atoms with Crippen molar-refractivity contribution < 1.29 is 19.1 Å². The Kier molecular flexibility index (Phi) is 6.69. The molecule has 1 aliphatic heterocycles. The largest absolute Gasteiger partial charge is 0.376 e. The molecule has 166 valence electrons. The van der Waals surface area contributed by atoms with Crippen molar-refractivity contribution in [1.82, 2.24) is 20.3 Å². The fraction of sp³-hybridized carbons (Fsp3) is 0.261. The number of rotatable bonds is 6. The standard InChI is InChI=1S/C23H24FN5O3/c1-15-13-29(10-11-32-15)14-18-6-7-19(12-20(18)24)26-23-25-9-8-21(27-23)16-2-4-17(5-3-16)22(30)28-31/h2-9,12,15,31H,10-11,13-14H2,1H3,(H,28,30)(H,25,26,27)/t15-/m0/s1. The normalized spacial score (nSPS) is 16.5. The first kappa shape index (κ1) is 21.8. The number of amides is 1. The third-order valence-corrected chi connectivity index (χ3v) is 5.23. The van der Waals surface area contributed by atoms with Gasteiger partial charge in [-0.15, -0.1) is 0 Å². The van der Waals surface area contributed by atoms with Gasteiger partial charge in [0.1, 0.15) is 5.82 Å². The molecule has 0 spiro atoms. The van der Waals surface area contributed by atoms with E-state index in [-0.39, 0.29) is 11.9 Å². The van der Waals surface area contributed by atoms with Crippen LogP contribution in [0.3, 0.4) is 0 Å². The van der Waals surface area contributed by atoms with Gasteiger partial charge in [0, 0.05) is 48.2 Å². The van der Waals surface area contributed by atoms with Crippen molar-refractivity contribution in [2.45, 2.75) is 19.6 Å². The van der Waals surface area contributed by atoms with E-state index in [1.165, 1.54) is 6.07 Å². The Morgan fingerprint density at radius 2 is 2.06 bits per heavy atom. The summed E-state index contributed by atoms with van der Waals surface area (Å²) in [5, 5.41) is 11.8. The molecule has 1 aliphatic rings. The van der Waals surface area contributed by atoms with Crippen LogP contribution in [-0.4, -0.2) is 51.8 Å². The first-order valence-electron chi connectivity index (χ1n) is 10.3. The van der Waals surface area contributed by atoms with Crippen molar-refractivity contribution in [1.29, 1.82) is 0 Å². The lowest BCUT2D eigenvalue weighted by atomic mass is 10.1. The molecule has 0 radical (unpaired) electrons. The molecule has 0 saturated carbocycles. The van der Waals surface area contributed by atoms with Gasteiger partial charge in [0.15, 0.2) is 0 Å². The molecule has 32 heavy (non-hydrogen) atoms. The lowest BCUT2D eigenvalue weighted by molar-refractivity contribution is -0.0215. The number of hydrogen-bond acceptors (Lipinski definition) is 7. The Labute approximate surface area is 185 Å². The highest BCUT2D eigenvalue weighted by atomic mass is 19.1. The fourth-order valence-corrected chi connectivity index (χ4v) is 3.59. The van der Waals surface area contributed by atoms with Gasteiger partial charge in [-0.25, -0.2) is 19.8 Å². The van der Waals surface area contributed by atoms with E-state index >= 15 is 0 Å². The number of hydroxylamine groups is 1. The predicted octanol–water partition coefficient (Wildman–Crippen LogP) is 3.37. The maximum atomic E-state index is 14.7. The number of ether oxygens (including phenoxy) is 1. The summed E-state index contributed by atoms with van der Waals surface area (Å²) in [5.74, 6) is -0.549. The molecular weight excluding hydrogens is 413 g/mol. The van der Waals surface area contributed by atoms with Crippen LogP contribution in [0.5, 0.6) is 0 Å². The number of carbonyl (C=O) groups excluding carboxylic acids is 1. The van der Waals surface area contributed by atoms with E-state index in [4.69, 9.17) is 9.94 Å². The number of benzene rings is 2. The second-order valence-corrected chi connectivity index (χ2v) is 7.63. The van der Waals surface area contributed by atoms with E-state index in [1.807, 2.05) is 6.92 Å². The van der Waals surface area contributed by atoms with E-state index in [1.54, 1.807) is 54.1 Å². The lowest BCUT2D eigenvalue weighted by Gasteiger charge is -2.31. The van der Waals surface area contributed by atoms with Crippen molar-refractivity contribution in [3.8, 4) is 11.3 Å². The Hall–Kier alpha value is -3.40. The van der Waals surface area contributed by atoms with Crippen molar-refractivity contribution in [2.75, 3.05) is 25.0 Å². The van der Waals surface area contributed by atoms with Crippen molar-refractivity contribution in [3.05, 3.63) is 71.7 Å². The molecule has 2 heterocycles. The van der Waals surface area contributed by atoms with Crippen molar-refractivity contribution >= 4 is 17.5 Å². The average molecular weight is 437 g/mol. The molecule has 1 amide bonds. The van der Waals surface area contributed by atoms with Gasteiger partial charge < -0.3 is 10.1 Å². The van der Waals surface area contributed by atoms with Crippen LogP contribution in [0.2, 0.25) is 0 Å². The highest BCUT2D eigenvalue weighted by Gasteiger charge is 2.18. The summed E-state index contributed by atoms with van der Waals surface area (Å²) in [4.78, 5) is 22.3. The molecule has 1 fully saturated rings. The number of carbonyl (C=O) groups is 1. The molecule has 3 aromatic rings. The van der Waals surface area contributed by atoms with Gasteiger partial charge in [-0.1, -0.05) is 18.2 Å². The molecule has 0 aliphatic carbocycles. The molecule has 4 rings (SSSR count). The Balaban J connectivity index is 1.45. The maximum absolute atomic E-state index is 14.7. The summed E-state index contributed by atoms with van der Waals surface area (Å²) in [6.07, 6.45) is 1.75. The van der Waals surface area contributed by atoms with Gasteiger partial charge in [-0.2, -0.15) is 0 Å². The summed E-state index contributed by atoms with van der Waals surface area (Å²) < 4.78 is 20.2. The molecule has 0 bridgehead atoms. The second kappa shape index (κ2) is 9.82. The zero-order chi connectivity index (χ0) is 22.5. The third kappa shape index (κ3) is 5.25. The van der Waals surface area contributed by atoms with Crippen LogP contribution in [0.15, 0.2) is 54.7 Å². The van der Waals surface area contributed by atoms with Crippen LogP contribution in [0.1, 0.15) is 22.8 Å². The van der Waals surface area contributed by atoms with Crippen LogP contribution < -0.4 is 10.8 Å². The maximum Gasteiger partial charge on any atom is 0.274 e. The molecule has 9 heteroatoms. The van der Waals surface area contributed by atoms with Crippen molar-refractivity contribution in [2.24, 2.45) is 0 Å². The molecule has 1 saturated heterocycles.